The van der Waals surface area contributed by atoms with Gasteiger partial charge in [0.05, 0.1) is 6.67 Å². The maximum atomic E-state index is 11.5. The third kappa shape index (κ3) is 3.54. The van der Waals surface area contributed by atoms with Crippen LogP contribution in [0.15, 0.2) is 0 Å². The quantitative estimate of drug-likeness (QED) is 0.556. The van der Waals surface area contributed by atoms with Crippen LogP contribution >= 0.6 is 0 Å². The number of carbonyl (C=O) groups is 2. The summed E-state index contributed by atoms with van der Waals surface area (Å²) >= 11 is 0. The molecule has 0 bridgehead atoms. The molecule has 0 saturated carbocycles. The molecule has 0 rings (SSSR count). The first-order valence-corrected chi connectivity index (χ1v) is 3.17. The van der Waals surface area contributed by atoms with Crippen molar-refractivity contribution >= 4 is 11.9 Å². The van der Waals surface area contributed by atoms with Gasteiger partial charge in [0.1, 0.15) is 5.92 Å². The molecular formula is C6H10FNO3. The normalized spacial score (nSPS) is 12.5. The van der Waals surface area contributed by atoms with E-state index in [9.17, 15) is 14.0 Å². The van der Waals surface area contributed by atoms with E-state index in [2.05, 4.69) is 0 Å². The van der Waals surface area contributed by atoms with Crippen molar-refractivity contribution in [2.24, 2.45) is 11.7 Å². The molecule has 0 aliphatic rings. The topological polar surface area (TPSA) is 80.4 Å². The molecule has 4 nitrogen and oxygen atoms in total. The van der Waals surface area contributed by atoms with Gasteiger partial charge in [-0.1, -0.05) is 0 Å². The minimum atomic E-state index is -1.29. The van der Waals surface area contributed by atoms with Gasteiger partial charge < -0.3 is 10.8 Å². The van der Waals surface area contributed by atoms with Gasteiger partial charge in [-0.2, -0.15) is 0 Å². The van der Waals surface area contributed by atoms with Crippen LogP contribution in [0.1, 0.15) is 12.8 Å². The maximum Gasteiger partial charge on any atom is 0.316 e. The first-order valence-electron chi connectivity index (χ1n) is 3.17. The second-order valence-electron chi connectivity index (χ2n) is 2.12. The van der Waals surface area contributed by atoms with Gasteiger partial charge in [0.25, 0.3) is 0 Å². The number of nitrogens with two attached hydrogens (primary N) is 1. The summed E-state index contributed by atoms with van der Waals surface area (Å²) in [4.78, 5) is 20.6. The van der Waals surface area contributed by atoms with E-state index in [1.54, 1.807) is 0 Å². The fourth-order valence-electron chi connectivity index (χ4n) is 0.669. The van der Waals surface area contributed by atoms with Crippen molar-refractivity contribution in [1.29, 1.82) is 0 Å². The second-order valence-corrected chi connectivity index (χ2v) is 2.12. The van der Waals surface area contributed by atoms with Crippen LogP contribution in [0.5, 0.6) is 0 Å². The molecule has 0 aliphatic carbocycles. The Balaban J connectivity index is 3.90. The second kappa shape index (κ2) is 4.65. The van der Waals surface area contributed by atoms with Crippen LogP contribution in [0.4, 0.5) is 4.39 Å². The molecule has 5 heteroatoms. The fourth-order valence-corrected chi connectivity index (χ4v) is 0.669. The van der Waals surface area contributed by atoms with Crippen LogP contribution in [0.25, 0.3) is 0 Å². The van der Waals surface area contributed by atoms with Crippen LogP contribution in [-0.2, 0) is 9.59 Å². The zero-order chi connectivity index (χ0) is 8.85. The number of aliphatic carboxylic acids is 1. The number of halogens is 1. The van der Waals surface area contributed by atoms with Gasteiger partial charge in [-0.25, -0.2) is 0 Å². The Labute approximate surface area is 63.2 Å². The summed E-state index contributed by atoms with van der Waals surface area (Å²) in [6.07, 6.45) is 0.0288. The minimum absolute atomic E-state index is 0.0266. The van der Waals surface area contributed by atoms with Gasteiger partial charge in [-0.15, -0.1) is 0 Å². The van der Waals surface area contributed by atoms with Crippen molar-refractivity contribution in [3.05, 3.63) is 0 Å². The van der Waals surface area contributed by atoms with E-state index >= 15 is 0 Å². The third-order valence-electron chi connectivity index (χ3n) is 1.27. The Morgan fingerprint density at radius 3 is 2.36 bits per heavy atom. The lowest BCUT2D eigenvalue weighted by molar-refractivity contribution is -0.146. The van der Waals surface area contributed by atoms with E-state index in [0.717, 1.165) is 0 Å². The number of primary amides is 1. The molecule has 0 heterocycles. The van der Waals surface area contributed by atoms with E-state index in [4.69, 9.17) is 10.8 Å². The van der Waals surface area contributed by atoms with E-state index in [1.807, 2.05) is 0 Å². The molecule has 0 saturated heterocycles. The van der Waals surface area contributed by atoms with E-state index < -0.39 is 24.5 Å². The number of hydrogen-bond donors (Lipinski definition) is 2. The number of alkyl halides is 1. The molecule has 0 aromatic rings. The summed E-state index contributed by atoms with van der Waals surface area (Å²) in [6.45, 7) is -0.628. The number of carbonyl (C=O) groups excluding carboxylic acids is 1. The van der Waals surface area contributed by atoms with Gasteiger partial charge in [0, 0.05) is 0 Å². The van der Waals surface area contributed by atoms with Crippen molar-refractivity contribution < 1.29 is 19.1 Å². The Morgan fingerprint density at radius 2 is 2.09 bits per heavy atom. The lowest BCUT2D eigenvalue weighted by atomic mass is 10.0. The van der Waals surface area contributed by atoms with Gasteiger partial charge in [-0.05, 0) is 12.8 Å². The Bertz CT molecular complexity index is 146. The van der Waals surface area contributed by atoms with Crippen molar-refractivity contribution in [2.45, 2.75) is 12.8 Å². The largest absolute Gasteiger partial charge is 0.481 e. The molecule has 0 aromatic carbocycles. The average molecular weight is 163 g/mol. The predicted molar refractivity (Wildman–Crippen MR) is 35.5 cm³/mol. The molecule has 1 amide bonds. The molecule has 1 atom stereocenters. The molecule has 0 aromatic heterocycles. The highest BCUT2D eigenvalue weighted by Gasteiger charge is 2.22. The fraction of sp³-hybridized carbons (Fsp3) is 0.667. The highest BCUT2D eigenvalue weighted by Crippen LogP contribution is 2.05. The molecule has 0 aliphatic heterocycles. The summed E-state index contributed by atoms with van der Waals surface area (Å²) in [5.41, 5.74) is 4.74. The zero-order valence-electron chi connectivity index (χ0n) is 5.92. The lowest BCUT2D eigenvalue weighted by Gasteiger charge is -2.04. The summed E-state index contributed by atoms with van der Waals surface area (Å²) in [6, 6.07) is 0. The zero-order valence-corrected chi connectivity index (χ0v) is 5.92. The Morgan fingerprint density at radius 1 is 1.55 bits per heavy atom. The minimum Gasteiger partial charge on any atom is -0.481 e. The summed E-state index contributed by atoms with van der Waals surface area (Å²) in [7, 11) is 0. The molecule has 0 fully saturated rings. The molecule has 64 valence electrons. The molecule has 0 spiro atoms. The van der Waals surface area contributed by atoms with Crippen LogP contribution in [0, 0.1) is 5.92 Å². The van der Waals surface area contributed by atoms with Crippen molar-refractivity contribution in [1.82, 2.24) is 0 Å². The van der Waals surface area contributed by atoms with Gasteiger partial charge in [-0.3, -0.25) is 14.0 Å². The summed E-state index contributed by atoms with van der Waals surface area (Å²) < 4.78 is 11.5. The van der Waals surface area contributed by atoms with Gasteiger partial charge in [0.2, 0.25) is 5.91 Å². The van der Waals surface area contributed by atoms with Gasteiger partial charge >= 0.3 is 5.97 Å². The molecular weight excluding hydrogens is 153 g/mol. The summed E-state index contributed by atoms with van der Waals surface area (Å²) in [5, 5.41) is 8.35. The number of hydrogen-bond acceptors (Lipinski definition) is 2. The molecule has 3 N–H and O–H groups in total. The van der Waals surface area contributed by atoms with E-state index in [1.165, 1.54) is 0 Å². The molecule has 0 radical (unpaired) electrons. The Hall–Kier alpha value is -1.13. The average Bonchev–Trinajstić information content (AvgIpc) is 1.87. The standard InChI is InChI=1S/C6H10FNO3/c7-3-1-2-4(5(8)9)6(10)11/h4H,1-3H2,(H2,8,9)(H,10,11). The van der Waals surface area contributed by atoms with Crippen LogP contribution in [0.3, 0.4) is 0 Å². The van der Waals surface area contributed by atoms with Crippen molar-refractivity contribution in [3.8, 4) is 0 Å². The van der Waals surface area contributed by atoms with Gasteiger partial charge in [0.15, 0.2) is 0 Å². The predicted octanol–water partition coefficient (Wildman–Crippen LogP) is -0.0778. The molecule has 11 heavy (non-hydrogen) atoms. The first-order chi connectivity index (χ1) is 5.09. The van der Waals surface area contributed by atoms with Crippen LogP contribution in [0.2, 0.25) is 0 Å². The SMILES string of the molecule is NC(=O)C(CCCF)C(=O)O. The van der Waals surface area contributed by atoms with Crippen LogP contribution < -0.4 is 5.73 Å². The number of rotatable bonds is 5. The number of carboxylic acid groups (broad SMARTS) is 1. The summed E-state index contributed by atoms with van der Waals surface area (Å²) in [5.74, 6) is -3.44. The highest BCUT2D eigenvalue weighted by molar-refractivity contribution is 5.95. The van der Waals surface area contributed by atoms with Crippen LogP contribution in [-0.4, -0.2) is 23.7 Å². The third-order valence-corrected chi connectivity index (χ3v) is 1.27. The monoisotopic (exact) mass is 163 g/mol. The Kier molecular flexibility index (Phi) is 4.17. The smallest absolute Gasteiger partial charge is 0.316 e. The molecule has 1 unspecified atom stereocenters. The van der Waals surface area contributed by atoms with E-state index in [-0.39, 0.29) is 12.8 Å². The lowest BCUT2D eigenvalue weighted by Crippen LogP contribution is -2.30. The van der Waals surface area contributed by atoms with Crippen molar-refractivity contribution in [3.63, 3.8) is 0 Å². The van der Waals surface area contributed by atoms with Crippen molar-refractivity contribution in [2.75, 3.05) is 6.67 Å². The number of amides is 1. The first kappa shape index (κ1) is 9.87. The highest BCUT2D eigenvalue weighted by atomic mass is 19.1. The van der Waals surface area contributed by atoms with E-state index in [0.29, 0.717) is 0 Å². The maximum absolute atomic E-state index is 11.5. The number of carboxylic acids is 1.